The van der Waals surface area contributed by atoms with E-state index in [1.165, 1.54) is 11.1 Å². The fraction of sp³-hybridized carbons (Fsp3) is 0.562. The standard InChI is InChI=1S/C32H39FN8O3/c1-17-23(34)7-6-19-8-10-32(25(17)19)9-4-5-22-26(39-44-28(22)32)29-37-30-27(36-15-41(30)21-12-35-16-42-14-21)31(38-29)43-18(2)24-11-20(33)13-40(24)3/h6-7,15,18,20-21,24,35H,4-5,8-14,16,34H2,1-3H3/t18-,20+,21+,24-,32-/m0/s1. The smallest absolute Gasteiger partial charge is 0.246 e. The molecule has 4 aliphatic rings. The van der Waals surface area contributed by atoms with Crippen molar-refractivity contribution in [2.24, 2.45) is 0 Å². The lowest BCUT2D eigenvalue weighted by molar-refractivity contribution is 0.0511. The summed E-state index contributed by atoms with van der Waals surface area (Å²) in [5.74, 6) is 1.72. The van der Waals surface area contributed by atoms with Crippen molar-refractivity contribution in [1.82, 2.24) is 34.9 Å². The molecular weight excluding hydrogens is 563 g/mol. The highest BCUT2D eigenvalue weighted by Gasteiger charge is 2.48. The van der Waals surface area contributed by atoms with E-state index in [9.17, 15) is 4.39 Å². The molecule has 0 saturated carbocycles. The second-order valence-corrected chi connectivity index (χ2v) is 13.1. The SMILES string of the molecule is Cc1c(N)ccc2c1[C@]1(CCCc3c(-c4nc(O[C@@H](C)[C@@H]5C[C@@H](F)CN5C)c5ncn([C@@H]6CNCOC6)c5n4)noc31)CC2. The van der Waals surface area contributed by atoms with Crippen LogP contribution >= 0.6 is 0 Å². The van der Waals surface area contributed by atoms with Crippen LogP contribution in [0.4, 0.5) is 10.1 Å². The molecule has 2 saturated heterocycles. The summed E-state index contributed by atoms with van der Waals surface area (Å²) < 4.78 is 34.8. The molecule has 3 aromatic heterocycles. The number of fused-ring (bicyclic) bond motifs is 5. The summed E-state index contributed by atoms with van der Waals surface area (Å²) in [6.45, 7) is 6.27. The van der Waals surface area contributed by atoms with Gasteiger partial charge in [-0.05, 0) is 82.2 Å². The van der Waals surface area contributed by atoms with Gasteiger partial charge in [0, 0.05) is 30.4 Å². The largest absolute Gasteiger partial charge is 0.471 e. The number of hydrogen-bond acceptors (Lipinski definition) is 10. The van der Waals surface area contributed by atoms with Crippen LogP contribution in [0.15, 0.2) is 23.0 Å². The summed E-state index contributed by atoms with van der Waals surface area (Å²) in [6, 6.07) is 4.11. The molecule has 44 heavy (non-hydrogen) atoms. The van der Waals surface area contributed by atoms with Crippen molar-refractivity contribution in [2.75, 3.05) is 39.2 Å². The lowest BCUT2D eigenvalue weighted by Crippen LogP contribution is -2.38. The number of likely N-dealkylation sites (tertiary alicyclic amines) is 1. The highest BCUT2D eigenvalue weighted by molar-refractivity contribution is 5.79. The number of aryl methyl sites for hydroxylation is 1. The average molecular weight is 603 g/mol. The van der Waals surface area contributed by atoms with E-state index in [1.807, 2.05) is 29.5 Å². The first kappa shape index (κ1) is 27.9. The van der Waals surface area contributed by atoms with Gasteiger partial charge >= 0.3 is 0 Å². The van der Waals surface area contributed by atoms with Gasteiger partial charge < -0.3 is 24.3 Å². The topological polar surface area (TPSA) is 129 Å². The van der Waals surface area contributed by atoms with E-state index >= 15 is 0 Å². The summed E-state index contributed by atoms with van der Waals surface area (Å²) in [5.41, 5.74) is 13.6. The molecule has 2 aliphatic heterocycles. The zero-order valence-corrected chi connectivity index (χ0v) is 25.5. The average Bonchev–Trinajstić information content (AvgIpc) is 3.80. The Hall–Kier alpha value is -3.61. The van der Waals surface area contributed by atoms with Crippen LogP contribution in [-0.2, 0) is 23.0 Å². The van der Waals surface area contributed by atoms with Gasteiger partial charge in [-0.1, -0.05) is 11.2 Å². The molecule has 1 aromatic carbocycles. The van der Waals surface area contributed by atoms with E-state index in [4.69, 9.17) is 34.7 Å². The number of likely N-dealkylation sites (N-methyl/N-ethyl adjacent to an activating group) is 1. The molecule has 4 aromatic rings. The van der Waals surface area contributed by atoms with Gasteiger partial charge in [0.25, 0.3) is 0 Å². The fourth-order valence-corrected chi connectivity index (χ4v) is 8.23. The summed E-state index contributed by atoms with van der Waals surface area (Å²) in [4.78, 5) is 16.7. The number of aromatic nitrogens is 5. The minimum atomic E-state index is -0.872. The van der Waals surface area contributed by atoms with Gasteiger partial charge in [0.05, 0.1) is 31.1 Å². The van der Waals surface area contributed by atoms with E-state index < -0.39 is 6.17 Å². The van der Waals surface area contributed by atoms with Crippen LogP contribution in [-0.4, -0.2) is 81.4 Å². The number of nitrogens with one attached hydrogen (secondary N) is 1. The highest BCUT2D eigenvalue weighted by atomic mass is 19.1. The maximum absolute atomic E-state index is 14.3. The van der Waals surface area contributed by atoms with Crippen molar-refractivity contribution < 1.29 is 18.4 Å². The minimum absolute atomic E-state index is 0.00736. The molecule has 0 unspecified atom stereocenters. The second-order valence-electron chi connectivity index (χ2n) is 13.1. The normalized spacial score (nSPS) is 27.6. The van der Waals surface area contributed by atoms with Gasteiger partial charge in [0.1, 0.15) is 12.3 Å². The summed E-state index contributed by atoms with van der Waals surface area (Å²) in [5, 5.41) is 7.94. The number of nitrogens with zero attached hydrogens (tertiary/aromatic N) is 6. The quantitative estimate of drug-likeness (QED) is 0.325. The van der Waals surface area contributed by atoms with E-state index in [-0.39, 0.29) is 23.6 Å². The third-order valence-corrected chi connectivity index (χ3v) is 10.4. The maximum atomic E-state index is 14.3. The Labute approximate surface area is 255 Å². The Morgan fingerprint density at radius 3 is 2.91 bits per heavy atom. The van der Waals surface area contributed by atoms with Gasteiger partial charge in [-0.25, -0.2) is 14.4 Å². The predicted molar refractivity (Wildman–Crippen MR) is 162 cm³/mol. The third-order valence-electron chi connectivity index (χ3n) is 10.4. The number of imidazole rings is 1. The molecule has 5 atom stereocenters. The van der Waals surface area contributed by atoms with Gasteiger partial charge in [0.15, 0.2) is 28.4 Å². The van der Waals surface area contributed by atoms with Crippen molar-refractivity contribution in [3.63, 3.8) is 0 Å². The molecule has 2 fully saturated rings. The van der Waals surface area contributed by atoms with Gasteiger partial charge in [0.2, 0.25) is 5.88 Å². The molecular formula is C32H39FN8O3. The molecule has 0 radical (unpaired) electrons. The molecule has 3 N–H and O–H groups in total. The number of ether oxygens (including phenoxy) is 2. The van der Waals surface area contributed by atoms with Crippen molar-refractivity contribution in [3.8, 4) is 17.4 Å². The van der Waals surface area contributed by atoms with E-state index in [0.29, 0.717) is 54.9 Å². The summed E-state index contributed by atoms with van der Waals surface area (Å²) in [7, 11) is 1.93. The predicted octanol–water partition coefficient (Wildman–Crippen LogP) is 3.87. The number of nitrogens with two attached hydrogens (primary N) is 1. The number of nitrogen functional groups attached to an aromatic ring is 1. The Balaban J connectivity index is 1.24. The Morgan fingerprint density at radius 2 is 2.11 bits per heavy atom. The molecule has 11 nitrogen and oxygen atoms in total. The molecule has 1 spiro atoms. The molecule has 232 valence electrons. The maximum Gasteiger partial charge on any atom is 0.246 e. The number of halogens is 1. The molecule has 0 amide bonds. The first-order chi connectivity index (χ1) is 21.3. The first-order valence-corrected chi connectivity index (χ1v) is 15.8. The van der Waals surface area contributed by atoms with E-state index in [2.05, 4.69) is 23.5 Å². The van der Waals surface area contributed by atoms with E-state index in [1.54, 1.807) is 6.33 Å². The Kier molecular flexibility index (Phi) is 6.65. The lowest BCUT2D eigenvalue weighted by atomic mass is 9.68. The molecule has 8 rings (SSSR count). The number of benzene rings is 1. The molecule has 5 heterocycles. The van der Waals surface area contributed by atoms with Crippen molar-refractivity contribution in [1.29, 1.82) is 0 Å². The monoisotopic (exact) mass is 602 g/mol. The molecule has 2 aliphatic carbocycles. The highest BCUT2D eigenvalue weighted by Crippen LogP contribution is 2.54. The number of alkyl halides is 1. The van der Waals surface area contributed by atoms with Gasteiger partial charge in [-0.3, -0.25) is 10.2 Å². The van der Waals surface area contributed by atoms with Crippen LogP contribution in [0, 0.1) is 6.92 Å². The number of rotatable bonds is 5. The zero-order chi connectivity index (χ0) is 30.2. The Morgan fingerprint density at radius 1 is 1.23 bits per heavy atom. The first-order valence-electron chi connectivity index (χ1n) is 15.8. The zero-order valence-electron chi connectivity index (χ0n) is 25.5. The van der Waals surface area contributed by atoms with Crippen LogP contribution in [0.1, 0.15) is 66.7 Å². The lowest BCUT2D eigenvalue weighted by Gasteiger charge is -2.33. The molecule has 12 heteroatoms. The Bertz CT molecular complexity index is 1730. The van der Waals surface area contributed by atoms with Crippen LogP contribution < -0.4 is 15.8 Å². The van der Waals surface area contributed by atoms with Crippen LogP contribution in [0.3, 0.4) is 0 Å². The number of anilines is 1. The summed E-state index contributed by atoms with van der Waals surface area (Å²) in [6.07, 6.45) is 5.77. The molecule has 0 bridgehead atoms. The second kappa shape index (κ2) is 10.5. The van der Waals surface area contributed by atoms with Gasteiger partial charge in [-0.2, -0.15) is 4.98 Å². The van der Waals surface area contributed by atoms with Crippen LogP contribution in [0.5, 0.6) is 5.88 Å². The van der Waals surface area contributed by atoms with Gasteiger partial charge in [-0.15, -0.1) is 0 Å². The third kappa shape index (κ3) is 4.25. The van der Waals surface area contributed by atoms with Crippen LogP contribution in [0.25, 0.3) is 22.7 Å². The van der Waals surface area contributed by atoms with E-state index in [0.717, 1.165) is 61.2 Å². The summed E-state index contributed by atoms with van der Waals surface area (Å²) >= 11 is 0. The van der Waals surface area contributed by atoms with Crippen LogP contribution in [0.2, 0.25) is 0 Å². The van der Waals surface area contributed by atoms with Crippen molar-refractivity contribution >= 4 is 16.9 Å². The minimum Gasteiger partial charge on any atom is -0.471 e. The van der Waals surface area contributed by atoms with Crippen molar-refractivity contribution in [3.05, 3.63) is 46.5 Å². The van der Waals surface area contributed by atoms with Crippen molar-refractivity contribution in [2.45, 2.75) is 82.1 Å². The fourth-order valence-electron chi connectivity index (χ4n) is 8.23. The number of hydrogen-bond donors (Lipinski definition) is 2.